The first-order valence-electron chi connectivity index (χ1n) is 15.8. The second-order valence-corrected chi connectivity index (χ2v) is 11.4. The van der Waals surface area contributed by atoms with Gasteiger partial charge in [-0.25, -0.2) is 14.4 Å². The van der Waals surface area contributed by atoms with Gasteiger partial charge in [-0.15, -0.1) is 0 Å². The van der Waals surface area contributed by atoms with E-state index in [2.05, 4.69) is 30.1 Å². The molecule has 1 unspecified atom stereocenters. The number of nitro benzene ring substituents is 1. The van der Waals surface area contributed by atoms with Crippen LogP contribution in [0.1, 0.15) is 25.7 Å². The van der Waals surface area contributed by atoms with Gasteiger partial charge in [0.1, 0.15) is 18.0 Å². The molecule has 46 heavy (non-hydrogen) atoms. The highest BCUT2D eigenvalue weighted by Gasteiger charge is 2.21. The van der Waals surface area contributed by atoms with Crippen molar-refractivity contribution in [2.75, 3.05) is 64.4 Å². The molecule has 0 aliphatic carbocycles. The van der Waals surface area contributed by atoms with Gasteiger partial charge in [0, 0.05) is 75.5 Å². The number of rotatable bonds is 13. The number of anilines is 2. The first-order valence-corrected chi connectivity index (χ1v) is 15.8. The summed E-state index contributed by atoms with van der Waals surface area (Å²) in [6.07, 6.45) is 6.91. The predicted molar refractivity (Wildman–Crippen MR) is 172 cm³/mol. The molecule has 2 saturated heterocycles. The van der Waals surface area contributed by atoms with Crippen molar-refractivity contribution in [2.45, 2.75) is 32.0 Å². The van der Waals surface area contributed by atoms with Crippen molar-refractivity contribution in [3.63, 3.8) is 0 Å². The zero-order valence-corrected chi connectivity index (χ0v) is 25.6. The number of fused-ring (bicyclic) bond motifs is 1. The molecule has 0 amide bonds. The Morgan fingerprint density at radius 3 is 2.61 bits per heavy atom. The number of piperazine rings is 1. The standard InChI is InChI=1S/C33H38FN7O5/c34-27-7-2-1-6-25(27)28-20-24(9-10-35-28)38-33-26-21-30(41(42)43)31(22-29(26)36-23-37-33)44-18-5-11-39-12-14-40(15-13-39)16-19-46-32-8-3-4-17-45-32/h1-2,6-7,9-10,20-23,32H,3-5,8,11-19H2,(H,35,36,37,38). The number of hydrogen-bond acceptors (Lipinski definition) is 11. The monoisotopic (exact) mass is 631 g/mol. The largest absolute Gasteiger partial charge is 0.487 e. The highest BCUT2D eigenvalue weighted by atomic mass is 19.1. The van der Waals surface area contributed by atoms with E-state index in [1.165, 1.54) is 24.9 Å². The molecule has 2 fully saturated rings. The number of halogens is 1. The lowest BCUT2D eigenvalue weighted by atomic mass is 10.1. The quantitative estimate of drug-likeness (QED) is 0.116. The third-order valence-electron chi connectivity index (χ3n) is 8.28. The van der Waals surface area contributed by atoms with Crippen LogP contribution in [0, 0.1) is 15.9 Å². The minimum absolute atomic E-state index is 0.0476. The Kier molecular flexibility index (Phi) is 10.6. The van der Waals surface area contributed by atoms with E-state index in [4.69, 9.17) is 14.2 Å². The zero-order valence-electron chi connectivity index (χ0n) is 25.6. The van der Waals surface area contributed by atoms with Gasteiger partial charge in [0.05, 0.1) is 34.7 Å². The van der Waals surface area contributed by atoms with Gasteiger partial charge in [-0.05, 0) is 49.9 Å². The first-order chi connectivity index (χ1) is 22.5. The van der Waals surface area contributed by atoms with Crippen LogP contribution in [0.2, 0.25) is 0 Å². The smallest absolute Gasteiger partial charge is 0.311 e. The van der Waals surface area contributed by atoms with E-state index in [1.54, 1.807) is 42.6 Å². The third kappa shape index (κ3) is 8.10. The topological polar surface area (TPSA) is 128 Å². The molecule has 2 aliphatic heterocycles. The van der Waals surface area contributed by atoms with Crippen molar-refractivity contribution < 1.29 is 23.5 Å². The lowest BCUT2D eigenvalue weighted by Crippen LogP contribution is -2.47. The normalized spacial score (nSPS) is 17.6. The van der Waals surface area contributed by atoms with E-state index in [0.717, 1.165) is 65.1 Å². The Labute approximate surface area is 266 Å². The molecule has 6 rings (SSSR count). The minimum Gasteiger partial charge on any atom is -0.487 e. The fourth-order valence-electron chi connectivity index (χ4n) is 5.75. The molecule has 1 N–H and O–H groups in total. The van der Waals surface area contributed by atoms with E-state index in [1.807, 2.05) is 0 Å². The molecule has 4 aromatic rings. The number of pyridine rings is 1. The lowest BCUT2D eigenvalue weighted by molar-refractivity contribution is -0.385. The van der Waals surface area contributed by atoms with E-state index >= 15 is 0 Å². The molecule has 12 nitrogen and oxygen atoms in total. The van der Waals surface area contributed by atoms with Gasteiger partial charge >= 0.3 is 5.69 Å². The summed E-state index contributed by atoms with van der Waals surface area (Å²) >= 11 is 0. The zero-order chi connectivity index (χ0) is 31.7. The fraction of sp³-hybridized carbons (Fsp3) is 0.424. The molecule has 4 heterocycles. The summed E-state index contributed by atoms with van der Waals surface area (Å²) in [6.45, 7) is 7.45. The molecule has 0 spiro atoms. The van der Waals surface area contributed by atoms with Crippen LogP contribution in [0.25, 0.3) is 22.2 Å². The molecule has 2 aromatic carbocycles. The summed E-state index contributed by atoms with van der Waals surface area (Å²) in [5.74, 6) is 0.158. The van der Waals surface area contributed by atoms with Crippen molar-refractivity contribution in [3.05, 3.63) is 77.0 Å². The number of ether oxygens (including phenoxy) is 3. The summed E-state index contributed by atoms with van der Waals surface area (Å²) in [7, 11) is 0. The first kappa shape index (κ1) is 31.7. The van der Waals surface area contributed by atoms with Crippen LogP contribution in [-0.4, -0.2) is 95.1 Å². The Morgan fingerprint density at radius 1 is 1.00 bits per heavy atom. The van der Waals surface area contributed by atoms with Gasteiger partial charge < -0.3 is 24.4 Å². The van der Waals surface area contributed by atoms with E-state index in [-0.39, 0.29) is 23.5 Å². The Hall–Kier alpha value is -4.30. The number of benzene rings is 2. The molecule has 0 bridgehead atoms. The van der Waals surface area contributed by atoms with E-state index in [9.17, 15) is 14.5 Å². The Bertz CT molecular complexity index is 1630. The summed E-state index contributed by atoms with van der Waals surface area (Å²) in [6, 6.07) is 12.8. The van der Waals surface area contributed by atoms with Crippen LogP contribution in [0.5, 0.6) is 5.75 Å². The number of nitrogens with zero attached hydrogens (tertiary/aromatic N) is 6. The van der Waals surface area contributed by atoms with Gasteiger partial charge in [0.25, 0.3) is 0 Å². The Morgan fingerprint density at radius 2 is 1.83 bits per heavy atom. The van der Waals surface area contributed by atoms with Crippen molar-refractivity contribution in [3.8, 4) is 17.0 Å². The molecule has 242 valence electrons. The third-order valence-corrected chi connectivity index (χ3v) is 8.28. The molecule has 2 aliphatic rings. The Balaban J connectivity index is 1.02. The molecule has 2 aromatic heterocycles. The van der Waals surface area contributed by atoms with Crippen LogP contribution < -0.4 is 10.1 Å². The van der Waals surface area contributed by atoms with Crippen molar-refractivity contribution in [2.24, 2.45) is 0 Å². The van der Waals surface area contributed by atoms with Gasteiger partial charge in [0.2, 0.25) is 0 Å². The van der Waals surface area contributed by atoms with Gasteiger partial charge in [0.15, 0.2) is 12.0 Å². The van der Waals surface area contributed by atoms with Gasteiger partial charge in [-0.3, -0.25) is 20.0 Å². The fourth-order valence-corrected chi connectivity index (χ4v) is 5.75. The maximum absolute atomic E-state index is 14.3. The van der Waals surface area contributed by atoms with Gasteiger partial charge in [-0.2, -0.15) is 0 Å². The second-order valence-electron chi connectivity index (χ2n) is 11.4. The number of hydrogen-bond donors (Lipinski definition) is 1. The molecular weight excluding hydrogens is 593 g/mol. The van der Waals surface area contributed by atoms with Crippen molar-refractivity contribution in [1.82, 2.24) is 24.8 Å². The summed E-state index contributed by atoms with van der Waals surface area (Å²) in [5, 5.41) is 15.7. The van der Waals surface area contributed by atoms with Crippen molar-refractivity contribution >= 4 is 28.1 Å². The summed E-state index contributed by atoms with van der Waals surface area (Å²) in [4.78, 5) is 29.3. The molecule has 0 radical (unpaired) electrons. The van der Waals surface area contributed by atoms with Crippen LogP contribution in [0.3, 0.4) is 0 Å². The predicted octanol–water partition coefficient (Wildman–Crippen LogP) is 5.41. The number of aromatic nitrogens is 3. The van der Waals surface area contributed by atoms with Crippen LogP contribution in [-0.2, 0) is 9.47 Å². The second kappa shape index (κ2) is 15.3. The highest BCUT2D eigenvalue weighted by Crippen LogP contribution is 2.35. The van der Waals surface area contributed by atoms with Gasteiger partial charge in [-0.1, -0.05) is 12.1 Å². The average molecular weight is 632 g/mol. The maximum Gasteiger partial charge on any atom is 0.311 e. The van der Waals surface area contributed by atoms with Crippen molar-refractivity contribution in [1.29, 1.82) is 0 Å². The van der Waals surface area contributed by atoms with Crippen LogP contribution in [0.15, 0.2) is 61.1 Å². The number of nitro groups is 1. The average Bonchev–Trinajstić information content (AvgIpc) is 3.08. The van der Waals surface area contributed by atoms with Crippen LogP contribution >= 0.6 is 0 Å². The SMILES string of the molecule is O=[N+]([O-])c1cc2c(Nc3ccnc(-c4ccccc4F)c3)ncnc2cc1OCCCN1CCN(CCOC2CCCCO2)CC1. The van der Waals surface area contributed by atoms with E-state index < -0.39 is 4.92 Å². The number of nitrogens with one attached hydrogen (secondary N) is 1. The van der Waals surface area contributed by atoms with E-state index in [0.29, 0.717) is 46.9 Å². The maximum atomic E-state index is 14.3. The molecule has 0 saturated carbocycles. The highest BCUT2D eigenvalue weighted by molar-refractivity contribution is 5.94. The molecule has 1 atom stereocenters. The van der Waals surface area contributed by atoms with Crippen LogP contribution in [0.4, 0.5) is 21.6 Å². The minimum atomic E-state index is -0.461. The summed E-state index contributed by atoms with van der Waals surface area (Å²) < 4.78 is 31.8. The summed E-state index contributed by atoms with van der Waals surface area (Å²) in [5.41, 5.74) is 1.74. The molecular formula is C33H38FN7O5. The lowest BCUT2D eigenvalue weighted by Gasteiger charge is -2.35. The molecule has 13 heteroatoms.